The molecule has 1 amide bonds. The number of hydrogen-bond donors (Lipinski definition) is 2. The van der Waals surface area contributed by atoms with Crippen molar-refractivity contribution in [3.63, 3.8) is 0 Å². The molecule has 0 bridgehead atoms. The first-order valence-corrected chi connectivity index (χ1v) is 13.0. The maximum atomic E-state index is 12.4. The molecule has 1 fully saturated rings. The first kappa shape index (κ1) is 27.0. The van der Waals surface area contributed by atoms with E-state index >= 15 is 0 Å². The molecule has 10 heteroatoms. The molecular weight excluding hydrogens is 528 g/mol. The van der Waals surface area contributed by atoms with E-state index in [2.05, 4.69) is 15.6 Å². The first-order valence-electron chi connectivity index (χ1n) is 12.6. The Labute approximate surface area is 237 Å². The Morgan fingerprint density at radius 1 is 1.07 bits per heavy atom. The summed E-state index contributed by atoms with van der Waals surface area (Å²) < 4.78 is 16.3. The summed E-state index contributed by atoms with van der Waals surface area (Å²) >= 11 is 5.83. The second kappa shape index (κ2) is 11.7. The van der Waals surface area contributed by atoms with Gasteiger partial charge in [-0.2, -0.15) is 0 Å². The topological polar surface area (TPSA) is 106 Å². The Kier molecular flexibility index (Phi) is 7.90. The van der Waals surface area contributed by atoms with Crippen LogP contribution in [0.2, 0.25) is 0 Å². The molecule has 204 valence electrons. The predicted molar refractivity (Wildman–Crippen MR) is 155 cm³/mol. The number of amides is 1. The summed E-state index contributed by atoms with van der Waals surface area (Å²) in [5.74, 6) is 0.479. The molecular formula is C30H28N4O5S. The van der Waals surface area contributed by atoms with E-state index in [1.807, 2.05) is 72.5 Å². The maximum Gasteiger partial charge on any atom is 0.338 e. The molecule has 4 aromatic rings. The number of aromatic nitrogens is 1. The number of rotatable bonds is 8. The number of carbonyl (C=O) groups is 2. The Hall–Kier alpha value is -4.54. The van der Waals surface area contributed by atoms with Gasteiger partial charge in [0.25, 0.3) is 0 Å². The van der Waals surface area contributed by atoms with E-state index < -0.39 is 12.0 Å². The van der Waals surface area contributed by atoms with E-state index in [9.17, 15) is 9.59 Å². The zero-order chi connectivity index (χ0) is 28.2. The van der Waals surface area contributed by atoms with Gasteiger partial charge in [0, 0.05) is 30.2 Å². The lowest BCUT2D eigenvalue weighted by Gasteiger charge is -2.27. The highest BCUT2D eigenvalue weighted by Gasteiger charge is 2.42. The van der Waals surface area contributed by atoms with Crippen LogP contribution in [0.5, 0.6) is 0 Å². The van der Waals surface area contributed by atoms with Crippen LogP contribution < -0.4 is 15.5 Å². The van der Waals surface area contributed by atoms with Gasteiger partial charge in [0.1, 0.15) is 24.2 Å². The van der Waals surface area contributed by atoms with Gasteiger partial charge in [-0.3, -0.25) is 9.78 Å². The molecule has 2 aromatic carbocycles. The third-order valence-electron chi connectivity index (χ3n) is 6.65. The van der Waals surface area contributed by atoms with E-state index in [-0.39, 0.29) is 18.6 Å². The molecule has 2 atom stereocenters. The van der Waals surface area contributed by atoms with E-state index in [4.69, 9.17) is 26.1 Å². The zero-order valence-corrected chi connectivity index (χ0v) is 23.0. The van der Waals surface area contributed by atoms with Crippen LogP contribution >= 0.6 is 12.2 Å². The summed E-state index contributed by atoms with van der Waals surface area (Å²) in [7, 11) is 2.83. The Balaban J connectivity index is 1.56. The molecule has 3 heterocycles. The number of anilines is 2. The Morgan fingerprint density at radius 3 is 2.60 bits per heavy atom. The van der Waals surface area contributed by atoms with Gasteiger partial charge in [0.05, 0.1) is 24.4 Å². The fraction of sp³-hybridized carbons (Fsp3) is 0.200. The normalized spacial score (nSPS) is 16.5. The molecule has 0 radical (unpaired) electrons. The highest BCUT2D eigenvalue weighted by Crippen LogP contribution is 2.43. The smallest absolute Gasteiger partial charge is 0.338 e. The number of furan rings is 1. The second-order valence-corrected chi connectivity index (χ2v) is 9.60. The van der Waals surface area contributed by atoms with Crippen LogP contribution in [0, 0.1) is 6.92 Å². The molecule has 0 saturated carbocycles. The van der Waals surface area contributed by atoms with Gasteiger partial charge in [-0.05, 0) is 73.2 Å². The van der Waals surface area contributed by atoms with Gasteiger partial charge in [0.15, 0.2) is 5.11 Å². The Bertz CT molecular complexity index is 1550. The number of nitrogens with zero attached hydrogens (tertiary/aromatic N) is 2. The van der Waals surface area contributed by atoms with Crippen molar-refractivity contribution in [1.29, 1.82) is 0 Å². The van der Waals surface area contributed by atoms with Crippen molar-refractivity contribution >= 4 is 40.6 Å². The number of ether oxygens (including phenoxy) is 2. The zero-order valence-electron chi connectivity index (χ0n) is 22.2. The molecule has 0 aliphatic carbocycles. The van der Waals surface area contributed by atoms with E-state index in [1.54, 1.807) is 18.3 Å². The van der Waals surface area contributed by atoms with Gasteiger partial charge in [0.2, 0.25) is 5.91 Å². The molecule has 2 aromatic heterocycles. The molecule has 9 nitrogen and oxygen atoms in total. The third-order valence-corrected chi connectivity index (χ3v) is 6.97. The van der Waals surface area contributed by atoms with Crippen molar-refractivity contribution in [2.45, 2.75) is 19.0 Å². The summed E-state index contributed by atoms with van der Waals surface area (Å²) in [6.07, 6.45) is 1.74. The van der Waals surface area contributed by atoms with Crippen molar-refractivity contribution in [3.05, 3.63) is 102 Å². The lowest BCUT2D eigenvalue weighted by Crippen LogP contribution is -2.29. The molecule has 40 heavy (non-hydrogen) atoms. The number of benzene rings is 2. The van der Waals surface area contributed by atoms with Crippen LogP contribution in [-0.4, -0.2) is 42.8 Å². The van der Waals surface area contributed by atoms with Crippen molar-refractivity contribution in [1.82, 2.24) is 10.3 Å². The third kappa shape index (κ3) is 5.31. The first-order chi connectivity index (χ1) is 19.4. The standard InChI is InChI=1S/C30H28N4O5S/c1-18-16-19(11-12-22(18)32-26(35)17-37-2)34-28(27(33-30(34)40)23-10-6-7-15-31-23)25-14-13-24(39-25)20-8-4-5-9-21(20)29(36)38-3/h4-16,27-28H,17H2,1-3H3,(H,32,35)(H,33,40). The van der Waals surface area contributed by atoms with Crippen LogP contribution in [0.4, 0.5) is 11.4 Å². The minimum absolute atomic E-state index is 0.0327. The van der Waals surface area contributed by atoms with Crippen LogP contribution in [-0.2, 0) is 14.3 Å². The molecule has 2 unspecified atom stereocenters. The van der Waals surface area contributed by atoms with Crippen molar-refractivity contribution in [3.8, 4) is 11.3 Å². The predicted octanol–water partition coefficient (Wildman–Crippen LogP) is 5.20. The largest absolute Gasteiger partial charge is 0.465 e. The van der Waals surface area contributed by atoms with Gasteiger partial charge < -0.3 is 29.4 Å². The maximum absolute atomic E-state index is 12.4. The average Bonchev–Trinajstić information content (AvgIpc) is 3.59. The van der Waals surface area contributed by atoms with Crippen LogP contribution in [0.15, 0.2) is 83.4 Å². The number of nitrogens with one attached hydrogen (secondary N) is 2. The minimum atomic E-state index is -0.446. The van der Waals surface area contributed by atoms with Crippen LogP contribution in [0.25, 0.3) is 11.3 Å². The summed E-state index contributed by atoms with van der Waals surface area (Å²) in [4.78, 5) is 31.1. The number of methoxy groups -OCH3 is 2. The van der Waals surface area contributed by atoms with E-state index in [0.29, 0.717) is 33.4 Å². The number of thiocarbonyl (C=S) groups is 1. The summed E-state index contributed by atoms with van der Waals surface area (Å²) in [6, 6.07) is 21.6. The van der Waals surface area contributed by atoms with Crippen molar-refractivity contribution in [2.75, 3.05) is 31.0 Å². The summed E-state index contributed by atoms with van der Waals surface area (Å²) in [6.45, 7) is 1.88. The molecule has 1 aliphatic heterocycles. The highest BCUT2D eigenvalue weighted by atomic mass is 32.1. The number of esters is 1. The monoisotopic (exact) mass is 556 g/mol. The molecule has 5 rings (SSSR count). The minimum Gasteiger partial charge on any atom is -0.465 e. The number of hydrogen-bond acceptors (Lipinski definition) is 7. The quantitative estimate of drug-likeness (QED) is 0.224. The van der Waals surface area contributed by atoms with Crippen molar-refractivity contribution in [2.24, 2.45) is 0 Å². The SMILES string of the molecule is COCC(=O)Nc1ccc(N2C(=S)NC(c3ccccn3)C2c2ccc(-c3ccccc3C(=O)OC)o2)cc1C. The Morgan fingerprint density at radius 2 is 1.88 bits per heavy atom. The number of aryl methyl sites for hydroxylation is 1. The van der Waals surface area contributed by atoms with E-state index in [1.165, 1.54) is 14.2 Å². The fourth-order valence-corrected chi connectivity index (χ4v) is 5.17. The summed E-state index contributed by atoms with van der Waals surface area (Å²) in [5.41, 5.74) is 4.19. The summed E-state index contributed by atoms with van der Waals surface area (Å²) in [5, 5.41) is 6.78. The van der Waals surface area contributed by atoms with Gasteiger partial charge in [-0.25, -0.2) is 4.79 Å². The van der Waals surface area contributed by atoms with Crippen LogP contribution in [0.1, 0.15) is 39.5 Å². The van der Waals surface area contributed by atoms with Gasteiger partial charge >= 0.3 is 5.97 Å². The lowest BCUT2D eigenvalue weighted by molar-refractivity contribution is -0.119. The van der Waals surface area contributed by atoms with Crippen LogP contribution in [0.3, 0.4) is 0 Å². The second-order valence-electron chi connectivity index (χ2n) is 9.22. The lowest BCUT2D eigenvalue weighted by atomic mass is 10.0. The number of carbonyl (C=O) groups excluding carboxylic acids is 2. The van der Waals surface area contributed by atoms with Crippen molar-refractivity contribution < 1.29 is 23.5 Å². The molecule has 2 N–H and O–H groups in total. The number of pyridine rings is 1. The van der Waals surface area contributed by atoms with E-state index in [0.717, 1.165) is 16.9 Å². The van der Waals surface area contributed by atoms with Gasteiger partial charge in [-0.1, -0.05) is 24.3 Å². The average molecular weight is 557 g/mol. The molecule has 0 spiro atoms. The van der Waals surface area contributed by atoms with Gasteiger partial charge in [-0.15, -0.1) is 0 Å². The highest BCUT2D eigenvalue weighted by molar-refractivity contribution is 7.80. The molecule has 1 aliphatic rings. The molecule has 1 saturated heterocycles. The fourth-order valence-electron chi connectivity index (χ4n) is 4.82.